The van der Waals surface area contributed by atoms with E-state index in [-0.39, 0.29) is 16.7 Å². The molecule has 1 N–H and O–H groups in total. The van der Waals surface area contributed by atoms with Gasteiger partial charge in [-0.3, -0.25) is 14.2 Å². The number of nitriles is 1. The van der Waals surface area contributed by atoms with Gasteiger partial charge in [0.2, 0.25) is 5.88 Å². The van der Waals surface area contributed by atoms with Gasteiger partial charge in [0, 0.05) is 5.56 Å². The number of rotatable bonds is 8. The van der Waals surface area contributed by atoms with E-state index in [2.05, 4.69) is 6.92 Å². The van der Waals surface area contributed by atoms with E-state index in [1.807, 2.05) is 36.4 Å². The minimum Gasteiger partial charge on any atom is -0.494 e. The molecule has 0 aliphatic rings. The van der Waals surface area contributed by atoms with Gasteiger partial charge in [0.25, 0.3) is 5.56 Å². The van der Waals surface area contributed by atoms with Crippen molar-refractivity contribution >= 4 is 5.78 Å². The van der Waals surface area contributed by atoms with Crippen LogP contribution in [0.5, 0.6) is 11.6 Å². The predicted molar refractivity (Wildman–Crippen MR) is 122 cm³/mol. The van der Waals surface area contributed by atoms with Crippen LogP contribution in [0.15, 0.2) is 59.4 Å². The summed E-state index contributed by atoms with van der Waals surface area (Å²) in [5.74, 6) is -0.266. The molecule has 6 heteroatoms. The van der Waals surface area contributed by atoms with E-state index < -0.39 is 23.3 Å². The van der Waals surface area contributed by atoms with Crippen molar-refractivity contribution in [1.29, 1.82) is 5.26 Å². The summed E-state index contributed by atoms with van der Waals surface area (Å²) in [6, 6.07) is 17.1. The number of ether oxygens (including phenoxy) is 1. The van der Waals surface area contributed by atoms with Crippen LogP contribution in [-0.4, -0.2) is 22.1 Å². The Morgan fingerprint density at radius 2 is 1.81 bits per heavy atom. The molecule has 1 atom stereocenters. The highest BCUT2D eigenvalue weighted by atomic mass is 16.5. The van der Waals surface area contributed by atoms with E-state index in [4.69, 9.17) is 4.74 Å². The first-order chi connectivity index (χ1) is 15.4. The standard InChI is InChI=1S/C26H26N2O4/c1-4-5-15-32-21-13-11-20(12-14-21)24(29)23-17(2)22(16-27)25(30)28(26(23)31)18(3)19-9-7-6-8-10-19/h6-14,18,31H,4-5,15H2,1-3H3. The number of carbonyl (C=O) groups is 1. The Morgan fingerprint density at radius 3 is 2.41 bits per heavy atom. The third-order valence-corrected chi connectivity index (χ3v) is 5.53. The zero-order valence-corrected chi connectivity index (χ0v) is 18.5. The van der Waals surface area contributed by atoms with Crippen molar-refractivity contribution in [1.82, 2.24) is 4.57 Å². The molecule has 6 nitrogen and oxygen atoms in total. The molecule has 3 rings (SSSR count). The van der Waals surface area contributed by atoms with Crippen LogP contribution in [-0.2, 0) is 0 Å². The van der Waals surface area contributed by atoms with Crippen molar-refractivity contribution in [3.63, 3.8) is 0 Å². The van der Waals surface area contributed by atoms with Crippen LogP contribution in [0.2, 0.25) is 0 Å². The summed E-state index contributed by atoms with van der Waals surface area (Å²) in [5.41, 5.74) is 0.421. The molecule has 0 aliphatic carbocycles. The Hall–Kier alpha value is -3.85. The van der Waals surface area contributed by atoms with Gasteiger partial charge >= 0.3 is 0 Å². The van der Waals surface area contributed by atoms with E-state index in [0.717, 1.165) is 23.0 Å². The van der Waals surface area contributed by atoms with Crippen molar-refractivity contribution in [3.05, 3.63) is 92.8 Å². The molecule has 0 radical (unpaired) electrons. The molecule has 0 saturated carbocycles. The van der Waals surface area contributed by atoms with Crippen molar-refractivity contribution in [2.24, 2.45) is 0 Å². The van der Waals surface area contributed by atoms with Gasteiger partial charge in [0.05, 0.1) is 18.2 Å². The molecule has 0 spiro atoms. The van der Waals surface area contributed by atoms with Gasteiger partial charge in [-0.15, -0.1) is 0 Å². The maximum absolute atomic E-state index is 13.3. The number of unbranched alkanes of at least 4 members (excludes halogenated alkanes) is 1. The molecule has 0 bridgehead atoms. The van der Waals surface area contributed by atoms with E-state index in [1.54, 1.807) is 31.2 Å². The highest BCUT2D eigenvalue weighted by Gasteiger charge is 2.27. The topological polar surface area (TPSA) is 92.3 Å². The van der Waals surface area contributed by atoms with Gasteiger partial charge in [0.1, 0.15) is 17.4 Å². The zero-order valence-electron chi connectivity index (χ0n) is 18.5. The lowest BCUT2D eigenvalue weighted by Gasteiger charge is -2.21. The predicted octanol–water partition coefficient (Wildman–Crippen LogP) is 4.75. The average Bonchev–Trinajstić information content (AvgIpc) is 2.80. The third kappa shape index (κ3) is 4.42. The molecule has 0 amide bonds. The van der Waals surface area contributed by atoms with E-state index in [0.29, 0.717) is 17.9 Å². The molecule has 164 valence electrons. The number of benzene rings is 2. The van der Waals surface area contributed by atoms with Crippen LogP contribution in [0, 0.1) is 18.3 Å². The lowest BCUT2D eigenvalue weighted by atomic mass is 9.96. The molecule has 0 aliphatic heterocycles. The summed E-state index contributed by atoms with van der Waals surface area (Å²) in [5, 5.41) is 20.6. The highest BCUT2D eigenvalue weighted by Crippen LogP contribution is 2.30. The Labute approximate surface area is 187 Å². The van der Waals surface area contributed by atoms with E-state index in [9.17, 15) is 20.0 Å². The largest absolute Gasteiger partial charge is 0.494 e. The van der Waals surface area contributed by atoms with Crippen LogP contribution < -0.4 is 10.3 Å². The van der Waals surface area contributed by atoms with Crippen molar-refractivity contribution in [3.8, 4) is 17.7 Å². The lowest BCUT2D eigenvalue weighted by Crippen LogP contribution is -2.29. The number of carbonyl (C=O) groups excluding carboxylic acids is 1. The molecular formula is C26H26N2O4. The van der Waals surface area contributed by atoms with Crippen LogP contribution >= 0.6 is 0 Å². The number of aromatic hydroxyl groups is 1. The Morgan fingerprint density at radius 1 is 1.16 bits per heavy atom. The minimum absolute atomic E-state index is 0.0522. The maximum atomic E-state index is 13.3. The first kappa shape index (κ1) is 22.8. The molecule has 32 heavy (non-hydrogen) atoms. The van der Waals surface area contributed by atoms with Crippen molar-refractivity contribution in [2.45, 2.75) is 39.7 Å². The summed E-state index contributed by atoms with van der Waals surface area (Å²) < 4.78 is 6.74. The molecule has 3 aromatic rings. The van der Waals surface area contributed by atoms with Crippen molar-refractivity contribution < 1.29 is 14.6 Å². The molecule has 2 aromatic carbocycles. The number of nitrogens with zero attached hydrogens (tertiary/aromatic N) is 2. The third-order valence-electron chi connectivity index (χ3n) is 5.53. The average molecular weight is 431 g/mol. The second-order valence-corrected chi connectivity index (χ2v) is 7.63. The van der Waals surface area contributed by atoms with Crippen LogP contribution in [0.3, 0.4) is 0 Å². The zero-order chi connectivity index (χ0) is 23.3. The summed E-state index contributed by atoms with van der Waals surface area (Å²) in [7, 11) is 0. The van der Waals surface area contributed by atoms with Gasteiger partial charge in [-0.25, -0.2) is 0 Å². The van der Waals surface area contributed by atoms with Gasteiger partial charge in [-0.2, -0.15) is 5.26 Å². The first-order valence-electron chi connectivity index (χ1n) is 10.6. The first-order valence-corrected chi connectivity index (χ1v) is 10.6. The second-order valence-electron chi connectivity index (χ2n) is 7.63. The normalized spacial score (nSPS) is 11.6. The lowest BCUT2D eigenvalue weighted by molar-refractivity contribution is 0.103. The monoisotopic (exact) mass is 430 g/mol. The second kappa shape index (κ2) is 9.97. The molecule has 0 saturated heterocycles. The molecular weight excluding hydrogens is 404 g/mol. The molecule has 0 fully saturated rings. The number of aromatic nitrogens is 1. The smallest absolute Gasteiger partial charge is 0.272 e. The van der Waals surface area contributed by atoms with Gasteiger partial charge in [0.15, 0.2) is 5.78 Å². The fourth-order valence-corrected chi connectivity index (χ4v) is 3.61. The molecule has 1 heterocycles. The minimum atomic E-state index is -0.630. The number of ketones is 1. The van der Waals surface area contributed by atoms with Crippen LogP contribution in [0.1, 0.15) is 65.3 Å². The van der Waals surface area contributed by atoms with Crippen molar-refractivity contribution in [2.75, 3.05) is 6.61 Å². The molecule has 1 unspecified atom stereocenters. The SMILES string of the molecule is CCCCOc1ccc(C(=O)c2c(C)c(C#N)c(=O)n(C(C)c3ccccc3)c2O)cc1. The quantitative estimate of drug-likeness (QED) is 0.411. The van der Waals surface area contributed by atoms with Gasteiger partial charge in [-0.1, -0.05) is 43.7 Å². The number of pyridine rings is 1. The maximum Gasteiger partial charge on any atom is 0.272 e. The van der Waals surface area contributed by atoms with E-state index >= 15 is 0 Å². The molecule has 1 aromatic heterocycles. The van der Waals surface area contributed by atoms with Gasteiger partial charge < -0.3 is 9.84 Å². The number of hydrogen-bond donors (Lipinski definition) is 1. The number of hydrogen-bond acceptors (Lipinski definition) is 5. The summed E-state index contributed by atoms with van der Waals surface area (Å²) in [6.07, 6.45) is 1.96. The Bertz CT molecular complexity index is 1210. The fraction of sp³-hybridized carbons (Fsp3) is 0.269. The fourth-order valence-electron chi connectivity index (χ4n) is 3.61. The Balaban J connectivity index is 2.07. The van der Waals surface area contributed by atoms with Gasteiger partial charge in [-0.05, 0) is 55.7 Å². The summed E-state index contributed by atoms with van der Waals surface area (Å²) >= 11 is 0. The summed E-state index contributed by atoms with van der Waals surface area (Å²) in [4.78, 5) is 26.3. The Kier molecular flexibility index (Phi) is 7.11. The van der Waals surface area contributed by atoms with E-state index in [1.165, 1.54) is 6.92 Å². The van der Waals surface area contributed by atoms with Crippen LogP contribution in [0.4, 0.5) is 0 Å². The summed E-state index contributed by atoms with van der Waals surface area (Å²) in [6.45, 7) is 5.92. The van der Waals surface area contributed by atoms with Crippen LogP contribution in [0.25, 0.3) is 0 Å². The highest BCUT2D eigenvalue weighted by molar-refractivity contribution is 6.11.